The molecule has 0 aromatic heterocycles. The average molecular weight is 128 g/mol. The predicted octanol–water partition coefficient (Wildman–Crippen LogP) is -0.512. The Morgan fingerprint density at radius 1 is 1.89 bits per heavy atom. The quantitative estimate of drug-likeness (QED) is 0.304. The monoisotopic (exact) mass is 128 g/mol. The summed E-state index contributed by atoms with van der Waals surface area (Å²) in [5.41, 5.74) is 2.54. The topological polar surface area (TPSA) is 47.3 Å². The van der Waals surface area contributed by atoms with Gasteiger partial charge in [0, 0.05) is 13.5 Å². The Morgan fingerprint density at radius 3 is 2.89 bits per heavy atom. The fraction of sp³-hybridized carbons (Fsp3) is 0.667. The van der Waals surface area contributed by atoms with E-state index in [0.717, 1.165) is 0 Å². The molecule has 0 saturated heterocycles. The van der Waals surface area contributed by atoms with E-state index in [1.165, 1.54) is 0 Å². The van der Waals surface area contributed by atoms with Gasteiger partial charge in [-0.25, -0.2) is 0 Å². The zero-order valence-electron chi connectivity index (χ0n) is 5.55. The van der Waals surface area contributed by atoms with Gasteiger partial charge in [-0.1, -0.05) is 0 Å². The number of hydrazine groups is 1. The molecule has 0 aliphatic rings. The van der Waals surface area contributed by atoms with Gasteiger partial charge in [0.1, 0.15) is 0 Å². The number of ether oxygens (including phenoxy) is 1. The van der Waals surface area contributed by atoms with Crippen LogP contribution in [0.25, 0.3) is 0 Å². The first kappa shape index (κ1) is 8.44. The van der Waals surface area contributed by atoms with Crippen molar-refractivity contribution in [3.8, 4) is 12.3 Å². The van der Waals surface area contributed by atoms with Gasteiger partial charge in [0.2, 0.25) is 0 Å². The molecule has 52 valence electrons. The Balaban J connectivity index is 3.32. The summed E-state index contributed by atoms with van der Waals surface area (Å²) >= 11 is 0. The van der Waals surface area contributed by atoms with Gasteiger partial charge in [0.05, 0.1) is 12.6 Å². The van der Waals surface area contributed by atoms with Crippen LogP contribution in [-0.2, 0) is 4.74 Å². The Hall–Kier alpha value is -0.560. The Kier molecular flexibility index (Phi) is 5.23. The first-order valence-electron chi connectivity index (χ1n) is 2.73. The van der Waals surface area contributed by atoms with E-state index in [1.54, 1.807) is 7.11 Å². The number of rotatable bonds is 4. The van der Waals surface area contributed by atoms with Crippen LogP contribution < -0.4 is 11.3 Å². The molecular formula is C6H12N2O. The largest absolute Gasteiger partial charge is 0.383 e. The van der Waals surface area contributed by atoms with Crippen LogP contribution in [-0.4, -0.2) is 19.8 Å². The molecule has 0 fully saturated rings. The zero-order chi connectivity index (χ0) is 7.11. The van der Waals surface area contributed by atoms with Crippen molar-refractivity contribution in [1.29, 1.82) is 0 Å². The standard InChI is InChI=1S/C6H12N2O/c1-3-4-6(8-7)5-9-2/h1,6,8H,4-5,7H2,2H3. The molecule has 0 heterocycles. The lowest BCUT2D eigenvalue weighted by Gasteiger charge is -2.09. The van der Waals surface area contributed by atoms with Crippen LogP contribution in [0.15, 0.2) is 0 Å². The molecule has 0 amide bonds. The highest BCUT2D eigenvalue weighted by Gasteiger charge is 2.01. The van der Waals surface area contributed by atoms with Crippen LogP contribution in [0.2, 0.25) is 0 Å². The molecule has 0 spiro atoms. The molecule has 9 heavy (non-hydrogen) atoms. The molecule has 0 aliphatic heterocycles. The smallest absolute Gasteiger partial charge is 0.0638 e. The highest BCUT2D eigenvalue weighted by atomic mass is 16.5. The maximum Gasteiger partial charge on any atom is 0.0638 e. The first-order valence-corrected chi connectivity index (χ1v) is 2.73. The Morgan fingerprint density at radius 2 is 2.56 bits per heavy atom. The van der Waals surface area contributed by atoms with Crippen molar-refractivity contribution in [2.24, 2.45) is 5.84 Å². The summed E-state index contributed by atoms with van der Waals surface area (Å²) in [6, 6.07) is 0.0833. The van der Waals surface area contributed by atoms with Gasteiger partial charge in [0.25, 0.3) is 0 Å². The fourth-order valence-corrected chi connectivity index (χ4v) is 0.509. The third kappa shape index (κ3) is 3.98. The lowest BCUT2D eigenvalue weighted by molar-refractivity contribution is 0.168. The van der Waals surface area contributed by atoms with Crippen molar-refractivity contribution < 1.29 is 4.74 Å². The van der Waals surface area contributed by atoms with E-state index in [9.17, 15) is 0 Å². The summed E-state index contributed by atoms with van der Waals surface area (Å²) in [5, 5.41) is 0. The van der Waals surface area contributed by atoms with Crippen molar-refractivity contribution >= 4 is 0 Å². The molecule has 0 aromatic rings. The van der Waals surface area contributed by atoms with Gasteiger partial charge in [-0.05, 0) is 0 Å². The van der Waals surface area contributed by atoms with E-state index in [2.05, 4.69) is 11.3 Å². The maximum absolute atomic E-state index is 5.12. The van der Waals surface area contributed by atoms with E-state index >= 15 is 0 Å². The van der Waals surface area contributed by atoms with Crippen molar-refractivity contribution in [2.45, 2.75) is 12.5 Å². The van der Waals surface area contributed by atoms with Crippen molar-refractivity contribution in [2.75, 3.05) is 13.7 Å². The molecule has 0 rings (SSSR count). The Labute approximate surface area is 55.5 Å². The molecule has 0 aliphatic carbocycles. The van der Waals surface area contributed by atoms with Crippen molar-refractivity contribution in [3.05, 3.63) is 0 Å². The summed E-state index contributed by atoms with van der Waals surface area (Å²) in [5.74, 6) is 7.60. The van der Waals surface area contributed by atoms with E-state index in [-0.39, 0.29) is 6.04 Å². The van der Waals surface area contributed by atoms with Crippen molar-refractivity contribution in [1.82, 2.24) is 5.43 Å². The highest BCUT2D eigenvalue weighted by molar-refractivity contribution is 4.88. The lowest BCUT2D eigenvalue weighted by atomic mass is 10.2. The second-order valence-electron chi connectivity index (χ2n) is 1.73. The van der Waals surface area contributed by atoms with Gasteiger partial charge in [-0.2, -0.15) is 0 Å². The fourth-order valence-electron chi connectivity index (χ4n) is 0.509. The number of methoxy groups -OCH3 is 1. The van der Waals surface area contributed by atoms with Gasteiger partial charge in [-0.15, -0.1) is 12.3 Å². The van der Waals surface area contributed by atoms with Crippen LogP contribution >= 0.6 is 0 Å². The molecule has 3 N–H and O–H groups in total. The second-order valence-corrected chi connectivity index (χ2v) is 1.73. The Bertz CT molecular complexity index is 97.7. The second kappa shape index (κ2) is 5.57. The first-order chi connectivity index (χ1) is 4.35. The minimum absolute atomic E-state index is 0.0833. The number of nitrogens with two attached hydrogens (primary N) is 1. The van der Waals surface area contributed by atoms with E-state index < -0.39 is 0 Å². The lowest BCUT2D eigenvalue weighted by Crippen LogP contribution is -2.38. The SMILES string of the molecule is C#CCC(COC)NN. The predicted molar refractivity (Wildman–Crippen MR) is 36.4 cm³/mol. The van der Waals surface area contributed by atoms with E-state index in [4.69, 9.17) is 17.0 Å². The molecular weight excluding hydrogens is 116 g/mol. The maximum atomic E-state index is 5.12. The van der Waals surface area contributed by atoms with Crippen LogP contribution in [0.5, 0.6) is 0 Å². The molecule has 1 unspecified atom stereocenters. The summed E-state index contributed by atoms with van der Waals surface area (Å²) in [7, 11) is 1.61. The zero-order valence-corrected chi connectivity index (χ0v) is 5.55. The molecule has 0 radical (unpaired) electrons. The van der Waals surface area contributed by atoms with Gasteiger partial charge in [-0.3, -0.25) is 11.3 Å². The van der Waals surface area contributed by atoms with Gasteiger partial charge >= 0.3 is 0 Å². The highest BCUT2D eigenvalue weighted by Crippen LogP contribution is 1.87. The molecule has 0 bridgehead atoms. The molecule has 0 saturated carbocycles. The summed E-state index contributed by atoms with van der Waals surface area (Å²) in [6.45, 7) is 0.556. The molecule has 1 atom stereocenters. The summed E-state index contributed by atoms with van der Waals surface area (Å²) < 4.78 is 4.81. The average Bonchev–Trinajstić information content (AvgIpc) is 1.88. The minimum atomic E-state index is 0.0833. The minimum Gasteiger partial charge on any atom is -0.383 e. The summed E-state index contributed by atoms with van der Waals surface area (Å²) in [6.07, 6.45) is 5.64. The van der Waals surface area contributed by atoms with Crippen LogP contribution in [0, 0.1) is 12.3 Å². The molecule has 0 aromatic carbocycles. The molecule has 3 nitrogen and oxygen atoms in total. The van der Waals surface area contributed by atoms with Gasteiger partial charge in [0.15, 0.2) is 0 Å². The number of hydrogen-bond donors (Lipinski definition) is 2. The van der Waals surface area contributed by atoms with E-state index in [1.807, 2.05) is 0 Å². The normalized spacial score (nSPS) is 12.6. The van der Waals surface area contributed by atoms with Crippen LogP contribution in [0.3, 0.4) is 0 Å². The van der Waals surface area contributed by atoms with Gasteiger partial charge < -0.3 is 4.74 Å². The van der Waals surface area contributed by atoms with E-state index in [0.29, 0.717) is 13.0 Å². The van der Waals surface area contributed by atoms with Crippen LogP contribution in [0.1, 0.15) is 6.42 Å². The number of hydrogen-bond acceptors (Lipinski definition) is 3. The number of terminal acetylenes is 1. The number of nitrogens with one attached hydrogen (secondary N) is 1. The van der Waals surface area contributed by atoms with Crippen molar-refractivity contribution in [3.63, 3.8) is 0 Å². The third-order valence-electron chi connectivity index (χ3n) is 0.968. The van der Waals surface area contributed by atoms with Crippen LogP contribution in [0.4, 0.5) is 0 Å². The summed E-state index contributed by atoms with van der Waals surface area (Å²) in [4.78, 5) is 0. The third-order valence-corrected chi connectivity index (χ3v) is 0.968. The molecule has 3 heteroatoms.